The Morgan fingerprint density at radius 1 is 1.28 bits per heavy atom. The Balaban J connectivity index is 0.000000298. The van der Waals surface area contributed by atoms with Gasteiger partial charge in [0, 0.05) is 12.0 Å². The van der Waals surface area contributed by atoms with Crippen molar-refractivity contribution in [2.75, 3.05) is 13.1 Å². The standard InChI is InChI=1S/C14H13F2N5O.C2HF3O2/c15-12(16)13-18-9-2-1-8(4-10(9)19-13)14-20-11(21-22-14)3-7-5-17-6-7;3-2(4,5)1(6)7/h1-2,4,7,12,17H,3,5-6H2,(H,18,19);(H,6,7). The van der Waals surface area contributed by atoms with Crippen molar-refractivity contribution in [2.45, 2.75) is 19.0 Å². The van der Waals surface area contributed by atoms with Gasteiger partial charge in [-0.05, 0) is 37.2 Å². The maximum Gasteiger partial charge on any atom is 0.490 e. The number of aromatic amines is 1. The van der Waals surface area contributed by atoms with Crippen molar-refractivity contribution in [3.63, 3.8) is 0 Å². The van der Waals surface area contributed by atoms with Crippen LogP contribution in [-0.2, 0) is 11.2 Å². The SMILES string of the molecule is FC(F)c1nc2ccc(-c3nc(CC4CNC4)no3)cc2[nH]1.O=C(O)C(F)(F)F. The molecule has 0 radical (unpaired) electrons. The van der Waals surface area contributed by atoms with Crippen LogP contribution in [0.2, 0.25) is 0 Å². The minimum atomic E-state index is -5.08. The van der Waals surface area contributed by atoms with Crippen LogP contribution >= 0.6 is 0 Å². The molecular weight excluding hydrogens is 405 g/mol. The van der Waals surface area contributed by atoms with E-state index < -0.39 is 18.6 Å². The quantitative estimate of drug-likeness (QED) is 0.557. The predicted octanol–water partition coefficient (Wildman–Crippen LogP) is 2.95. The molecule has 1 saturated heterocycles. The average molecular weight is 419 g/mol. The summed E-state index contributed by atoms with van der Waals surface area (Å²) >= 11 is 0. The highest BCUT2D eigenvalue weighted by Gasteiger charge is 2.38. The maximum absolute atomic E-state index is 12.7. The number of nitrogens with zero attached hydrogens (tertiary/aromatic N) is 3. The molecule has 3 heterocycles. The van der Waals surface area contributed by atoms with E-state index in [0.717, 1.165) is 19.5 Å². The normalized spacial score (nSPS) is 14.6. The van der Waals surface area contributed by atoms with Crippen LogP contribution in [-0.4, -0.2) is 50.5 Å². The molecule has 4 rings (SSSR count). The number of rotatable bonds is 4. The van der Waals surface area contributed by atoms with Crippen molar-refractivity contribution in [3.05, 3.63) is 29.8 Å². The fourth-order valence-corrected chi connectivity index (χ4v) is 2.47. The second-order valence-corrected chi connectivity index (χ2v) is 6.20. The molecule has 1 fully saturated rings. The number of carboxylic acids is 1. The topological polar surface area (TPSA) is 117 Å². The Bertz CT molecular complexity index is 996. The van der Waals surface area contributed by atoms with E-state index in [9.17, 15) is 22.0 Å². The molecule has 0 unspecified atom stereocenters. The van der Waals surface area contributed by atoms with Gasteiger partial charge in [-0.1, -0.05) is 5.16 Å². The number of benzene rings is 1. The molecule has 0 aliphatic carbocycles. The Hall–Kier alpha value is -3.09. The zero-order valence-corrected chi connectivity index (χ0v) is 14.5. The van der Waals surface area contributed by atoms with E-state index in [1.807, 2.05) is 0 Å². The van der Waals surface area contributed by atoms with Crippen LogP contribution < -0.4 is 5.32 Å². The molecule has 1 aromatic carbocycles. The second kappa shape index (κ2) is 8.11. The van der Waals surface area contributed by atoms with Gasteiger partial charge in [0.05, 0.1) is 11.0 Å². The van der Waals surface area contributed by atoms with Crippen LogP contribution in [0, 0.1) is 5.92 Å². The largest absolute Gasteiger partial charge is 0.490 e. The molecular formula is C16H14F5N5O3. The number of hydrogen-bond acceptors (Lipinski definition) is 6. The highest BCUT2D eigenvalue weighted by Crippen LogP contribution is 2.25. The molecule has 13 heteroatoms. The van der Waals surface area contributed by atoms with Gasteiger partial charge in [0.2, 0.25) is 0 Å². The summed E-state index contributed by atoms with van der Waals surface area (Å²) in [7, 11) is 0. The smallest absolute Gasteiger partial charge is 0.475 e. The molecule has 2 aromatic heterocycles. The lowest BCUT2D eigenvalue weighted by molar-refractivity contribution is -0.192. The van der Waals surface area contributed by atoms with E-state index >= 15 is 0 Å². The number of halogens is 5. The molecule has 3 N–H and O–H groups in total. The highest BCUT2D eigenvalue weighted by atomic mass is 19.4. The third kappa shape index (κ3) is 5.04. The number of aromatic nitrogens is 4. The first-order chi connectivity index (χ1) is 13.6. The first-order valence-electron chi connectivity index (χ1n) is 8.25. The van der Waals surface area contributed by atoms with Crippen LogP contribution in [0.5, 0.6) is 0 Å². The zero-order valence-electron chi connectivity index (χ0n) is 14.5. The molecule has 0 amide bonds. The number of nitrogens with one attached hydrogen (secondary N) is 2. The lowest BCUT2D eigenvalue weighted by atomic mass is 9.99. The number of alkyl halides is 5. The number of hydrogen-bond donors (Lipinski definition) is 3. The van der Waals surface area contributed by atoms with Crippen molar-refractivity contribution >= 4 is 17.0 Å². The van der Waals surface area contributed by atoms with E-state index in [1.54, 1.807) is 18.2 Å². The number of H-pyrrole nitrogens is 1. The number of carbonyl (C=O) groups is 1. The van der Waals surface area contributed by atoms with Gasteiger partial charge in [-0.25, -0.2) is 18.6 Å². The van der Waals surface area contributed by atoms with E-state index in [1.165, 1.54) is 0 Å². The Morgan fingerprint density at radius 3 is 2.52 bits per heavy atom. The third-order valence-corrected chi connectivity index (χ3v) is 4.00. The van der Waals surface area contributed by atoms with Gasteiger partial charge >= 0.3 is 12.1 Å². The highest BCUT2D eigenvalue weighted by molar-refractivity contribution is 5.80. The Labute approximate surface area is 159 Å². The maximum atomic E-state index is 12.7. The first-order valence-corrected chi connectivity index (χ1v) is 8.25. The summed E-state index contributed by atoms with van der Waals surface area (Å²) < 4.78 is 62.3. The zero-order chi connectivity index (χ0) is 21.2. The van der Waals surface area contributed by atoms with Gasteiger partial charge in [0.1, 0.15) is 0 Å². The molecule has 0 saturated carbocycles. The van der Waals surface area contributed by atoms with E-state index in [0.29, 0.717) is 34.2 Å². The molecule has 8 nitrogen and oxygen atoms in total. The fourth-order valence-electron chi connectivity index (χ4n) is 2.47. The molecule has 29 heavy (non-hydrogen) atoms. The van der Waals surface area contributed by atoms with Gasteiger partial charge < -0.3 is 19.9 Å². The molecule has 0 spiro atoms. The van der Waals surface area contributed by atoms with Crippen LogP contribution in [0.4, 0.5) is 22.0 Å². The summed E-state index contributed by atoms with van der Waals surface area (Å²) in [5.74, 6) is -1.49. The van der Waals surface area contributed by atoms with E-state index in [4.69, 9.17) is 14.4 Å². The van der Waals surface area contributed by atoms with Crippen molar-refractivity contribution in [1.82, 2.24) is 25.4 Å². The summed E-state index contributed by atoms with van der Waals surface area (Å²) in [5, 5.41) is 14.3. The van der Waals surface area contributed by atoms with E-state index in [-0.39, 0.29) is 5.82 Å². The van der Waals surface area contributed by atoms with Crippen LogP contribution in [0.25, 0.3) is 22.5 Å². The lowest BCUT2D eigenvalue weighted by Gasteiger charge is -2.25. The van der Waals surface area contributed by atoms with Crippen molar-refractivity contribution in [2.24, 2.45) is 5.92 Å². The molecule has 1 aliphatic rings. The molecule has 0 bridgehead atoms. The van der Waals surface area contributed by atoms with E-state index in [2.05, 4.69) is 25.4 Å². The van der Waals surface area contributed by atoms with Gasteiger partial charge in [-0.3, -0.25) is 0 Å². The van der Waals surface area contributed by atoms with Gasteiger partial charge in [-0.15, -0.1) is 0 Å². The third-order valence-electron chi connectivity index (χ3n) is 4.00. The van der Waals surface area contributed by atoms with Crippen LogP contribution in [0.3, 0.4) is 0 Å². The van der Waals surface area contributed by atoms with Gasteiger partial charge in [-0.2, -0.15) is 18.2 Å². The van der Waals surface area contributed by atoms with Crippen molar-refractivity contribution in [3.8, 4) is 11.5 Å². The summed E-state index contributed by atoms with van der Waals surface area (Å²) in [6.07, 6.45) is -6.93. The molecule has 156 valence electrons. The van der Waals surface area contributed by atoms with Crippen LogP contribution in [0.1, 0.15) is 18.1 Å². The summed E-state index contributed by atoms with van der Waals surface area (Å²) in [6.45, 7) is 1.95. The van der Waals surface area contributed by atoms with Gasteiger partial charge in [0.15, 0.2) is 11.6 Å². The van der Waals surface area contributed by atoms with Gasteiger partial charge in [0.25, 0.3) is 12.3 Å². The number of carboxylic acid groups (broad SMARTS) is 1. The molecule has 3 aromatic rings. The number of aliphatic carboxylic acids is 1. The summed E-state index contributed by atoms with van der Waals surface area (Å²) in [5.41, 5.74) is 1.69. The summed E-state index contributed by atoms with van der Waals surface area (Å²) in [4.78, 5) is 19.7. The lowest BCUT2D eigenvalue weighted by Crippen LogP contribution is -2.43. The monoisotopic (exact) mass is 419 g/mol. The predicted molar refractivity (Wildman–Crippen MR) is 88.1 cm³/mol. The van der Waals surface area contributed by atoms with Crippen molar-refractivity contribution < 1.29 is 36.4 Å². The first kappa shape index (κ1) is 20.6. The molecule has 1 aliphatic heterocycles. The number of imidazole rings is 1. The minimum absolute atomic E-state index is 0.337. The Kier molecular flexibility index (Phi) is 5.77. The fraction of sp³-hybridized carbons (Fsp3) is 0.375. The minimum Gasteiger partial charge on any atom is -0.475 e. The summed E-state index contributed by atoms with van der Waals surface area (Å²) in [6, 6.07) is 5.09. The number of fused-ring (bicyclic) bond motifs is 1. The van der Waals surface area contributed by atoms with Crippen molar-refractivity contribution in [1.29, 1.82) is 0 Å². The Morgan fingerprint density at radius 2 is 1.97 bits per heavy atom. The molecule has 0 atom stereocenters. The second-order valence-electron chi connectivity index (χ2n) is 6.20. The average Bonchev–Trinajstić information content (AvgIpc) is 3.24. The van der Waals surface area contributed by atoms with Crippen LogP contribution in [0.15, 0.2) is 22.7 Å².